The van der Waals surface area contributed by atoms with E-state index in [2.05, 4.69) is 5.32 Å². The van der Waals surface area contributed by atoms with Crippen molar-refractivity contribution < 1.29 is 9.59 Å². The second kappa shape index (κ2) is 3.49. The van der Waals surface area contributed by atoms with Crippen LogP contribution >= 0.6 is 0 Å². The third kappa shape index (κ3) is 3.12. The number of hydrogen-bond donors (Lipinski definition) is 1. The average Bonchev–Trinajstić information content (AvgIpc) is 1.68. The van der Waals surface area contributed by atoms with Gasteiger partial charge in [0.1, 0.15) is 0 Å². The molecule has 0 aliphatic carbocycles. The fourth-order valence-corrected chi connectivity index (χ4v) is 0.197. The molecule has 3 heteroatoms. The number of carbonyl (C=O) groups is 1. The summed E-state index contributed by atoms with van der Waals surface area (Å²) < 4.78 is 0. The molecule has 0 unspecified atom stereocenters. The van der Waals surface area contributed by atoms with Gasteiger partial charge in [0, 0.05) is 0 Å². The summed E-state index contributed by atoms with van der Waals surface area (Å²) in [5.74, 6) is -0.539. The molecule has 0 bridgehead atoms. The van der Waals surface area contributed by atoms with Crippen LogP contribution in [0.15, 0.2) is 0 Å². The van der Waals surface area contributed by atoms with Gasteiger partial charge in [0.15, 0.2) is 0 Å². The fraction of sp³-hybridized carbons (Fsp3) is 0.500. The van der Waals surface area contributed by atoms with Gasteiger partial charge in [0.05, 0.1) is 6.54 Å². The van der Waals surface area contributed by atoms with Crippen molar-refractivity contribution in [2.24, 2.45) is 0 Å². The maximum Gasteiger partial charge on any atom is 0.273 e. The van der Waals surface area contributed by atoms with Crippen molar-refractivity contribution in [1.29, 1.82) is 0 Å². The lowest BCUT2D eigenvalue weighted by Crippen LogP contribution is -2.18. The summed E-state index contributed by atoms with van der Waals surface area (Å²) in [5, 5.41) is 2.51. The van der Waals surface area contributed by atoms with E-state index < -0.39 is 5.78 Å². The lowest BCUT2D eigenvalue weighted by molar-refractivity contribution is -0.112. The maximum atomic E-state index is 9.93. The van der Waals surface area contributed by atoms with Gasteiger partial charge in [-0.15, -0.1) is 0 Å². The summed E-state index contributed by atoms with van der Waals surface area (Å²) >= 11 is 0. The Morgan fingerprint density at radius 3 is 2.57 bits per heavy atom. The molecule has 0 heterocycles. The molecule has 0 aliphatic heterocycles. The molecule has 0 saturated carbocycles. The first-order chi connectivity index (χ1) is 3.31. The number of Topliss-reactive ketones (excluding diaryl/α,β-unsaturated/α-hetero) is 1. The van der Waals surface area contributed by atoms with Gasteiger partial charge in [-0.2, -0.15) is 0 Å². The Hall–Kier alpha value is -0.700. The zero-order valence-corrected chi connectivity index (χ0v) is 4.02. The third-order valence-electron chi connectivity index (χ3n) is 0.451. The minimum absolute atomic E-state index is 0.0868. The first-order valence-corrected chi connectivity index (χ1v) is 1.87. The molecule has 39 valence electrons. The molecule has 0 aliphatic rings. The van der Waals surface area contributed by atoms with Crippen LogP contribution in [0.1, 0.15) is 0 Å². The highest BCUT2D eigenvalue weighted by Crippen LogP contribution is 1.55. The van der Waals surface area contributed by atoms with Gasteiger partial charge in [0.2, 0.25) is 5.78 Å². The van der Waals surface area contributed by atoms with Crippen LogP contribution in [0.4, 0.5) is 0 Å². The Kier molecular flexibility index (Phi) is 3.14. The maximum absolute atomic E-state index is 9.93. The second-order valence-electron chi connectivity index (χ2n) is 1.06. The second-order valence-corrected chi connectivity index (χ2v) is 1.06. The Morgan fingerprint density at radius 2 is 2.43 bits per heavy atom. The van der Waals surface area contributed by atoms with Gasteiger partial charge in [-0.25, -0.2) is 0 Å². The molecule has 3 nitrogen and oxygen atoms in total. The minimum Gasteiger partial charge on any atom is -0.313 e. The van der Waals surface area contributed by atoms with Crippen molar-refractivity contribution in [2.45, 2.75) is 0 Å². The van der Waals surface area contributed by atoms with Crippen molar-refractivity contribution in [3.63, 3.8) is 0 Å². The summed E-state index contributed by atoms with van der Waals surface area (Å²) in [6.45, 7) is 0.0868. The van der Waals surface area contributed by atoms with E-state index in [0.29, 0.717) is 0 Å². The Labute approximate surface area is 41.7 Å². The smallest absolute Gasteiger partial charge is 0.273 e. The van der Waals surface area contributed by atoms with Crippen molar-refractivity contribution in [3.05, 3.63) is 0 Å². The molecule has 0 aromatic rings. The Bertz CT molecular complexity index is 79.8. The minimum atomic E-state index is -0.539. The van der Waals surface area contributed by atoms with E-state index in [1.54, 1.807) is 7.05 Å². The number of hydrogen-bond acceptors (Lipinski definition) is 3. The van der Waals surface area contributed by atoms with E-state index in [4.69, 9.17) is 0 Å². The lowest BCUT2D eigenvalue weighted by Gasteiger charge is -1.83. The first-order valence-electron chi connectivity index (χ1n) is 1.87. The highest BCUT2D eigenvalue weighted by atomic mass is 16.2. The molecule has 7 heavy (non-hydrogen) atoms. The number of carbonyl (C=O) groups excluding carboxylic acids is 2. The predicted molar refractivity (Wildman–Crippen MR) is 24.6 cm³/mol. The van der Waals surface area contributed by atoms with E-state index >= 15 is 0 Å². The highest BCUT2D eigenvalue weighted by molar-refractivity contribution is 6.26. The van der Waals surface area contributed by atoms with Crippen LogP contribution in [0.5, 0.6) is 0 Å². The zero-order valence-electron chi connectivity index (χ0n) is 4.02. The summed E-state index contributed by atoms with van der Waals surface area (Å²) in [6, 6.07) is 0. The van der Waals surface area contributed by atoms with Crippen LogP contribution in [0.3, 0.4) is 0 Å². The molecular formula is C4H6NO2. The van der Waals surface area contributed by atoms with E-state index in [-0.39, 0.29) is 6.54 Å². The molecule has 0 fully saturated rings. The SMILES string of the molecule is CNCC(=O)[C]=O. The largest absolute Gasteiger partial charge is 0.313 e. The van der Waals surface area contributed by atoms with Gasteiger partial charge in [0.25, 0.3) is 6.29 Å². The molecule has 0 spiro atoms. The molecule has 0 rings (SSSR count). The van der Waals surface area contributed by atoms with E-state index in [9.17, 15) is 9.59 Å². The average molecular weight is 100 g/mol. The number of rotatable bonds is 3. The van der Waals surface area contributed by atoms with Crippen molar-refractivity contribution >= 4 is 12.1 Å². The molecule has 0 amide bonds. The predicted octanol–water partition coefficient (Wildman–Crippen LogP) is -1.12. The van der Waals surface area contributed by atoms with Crippen LogP contribution in [0.2, 0.25) is 0 Å². The van der Waals surface area contributed by atoms with Gasteiger partial charge < -0.3 is 5.32 Å². The summed E-state index contributed by atoms with van der Waals surface area (Å²) in [4.78, 5) is 19.3. The van der Waals surface area contributed by atoms with Gasteiger partial charge in [-0.05, 0) is 7.05 Å². The highest BCUT2D eigenvalue weighted by Gasteiger charge is 1.93. The van der Waals surface area contributed by atoms with Crippen molar-refractivity contribution in [1.82, 2.24) is 5.32 Å². The molecular weight excluding hydrogens is 94.0 g/mol. The van der Waals surface area contributed by atoms with E-state index in [1.165, 1.54) is 6.29 Å². The van der Waals surface area contributed by atoms with Crippen LogP contribution in [0, 0.1) is 0 Å². The first kappa shape index (κ1) is 6.30. The van der Waals surface area contributed by atoms with Crippen LogP contribution in [0.25, 0.3) is 0 Å². The summed E-state index contributed by atoms with van der Waals surface area (Å²) in [6.07, 6.45) is 1.21. The lowest BCUT2D eigenvalue weighted by atomic mass is 10.4. The van der Waals surface area contributed by atoms with Gasteiger partial charge in [-0.3, -0.25) is 9.59 Å². The van der Waals surface area contributed by atoms with Crippen LogP contribution in [-0.2, 0) is 9.59 Å². The van der Waals surface area contributed by atoms with E-state index in [1.807, 2.05) is 0 Å². The molecule has 1 N–H and O–H groups in total. The normalized spacial score (nSPS) is 8.14. The summed E-state index contributed by atoms with van der Waals surface area (Å²) in [7, 11) is 1.59. The van der Waals surface area contributed by atoms with Crippen molar-refractivity contribution in [3.8, 4) is 0 Å². The molecule has 0 aromatic heterocycles. The molecule has 1 radical (unpaired) electrons. The number of nitrogens with one attached hydrogen (secondary N) is 1. The number of likely N-dealkylation sites (N-methyl/N-ethyl adjacent to an activating group) is 1. The van der Waals surface area contributed by atoms with Crippen LogP contribution < -0.4 is 5.32 Å². The van der Waals surface area contributed by atoms with Gasteiger partial charge in [-0.1, -0.05) is 0 Å². The quantitative estimate of drug-likeness (QED) is 0.457. The standard InChI is InChI=1S/C4H6NO2/c1-5-2-4(7)3-6/h5H,2H2,1H3. The van der Waals surface area contributed by atoms with Crippen LogP contribution in [-0.4, -0.2) is 25.7 Å². The topological polar surface area (TPSA) is 46.2 Å². The number of ketones is 1. The van der Waals surface area contributed by atoms with Crippen molar-refractivity contribution in [2.75, 3.05) is 13.6 Å². The summed E-state index contributed by atoms with van der Waals surface area (Å²) in [5.41, 5.74) is 0. The molecule has 0 saturated heterocycles. The molecule has 0 atom stereocenters. The van der Waals surface area contributed by atoms with Gasteiger partial charge >= 0.3 is 0 Å². The Balaban J connectivity index is 3.17. The Morgan fingerprint density at radius 1 is 1.86 bits per heavy atom. The third-order valence-corrected chi connectivity index (χ3v) is 0.451. The fourth-order valence-electron chi connectivity index (χ4n) is 0.197. The monoisotopic (exact) mass is 100 g/mol. The molecule has 0 aromatic carbocycles. The zero-order chi connectivity index (χ0) is 5.70. The van der Waals surface area contributed by atoms with E-state index in [0.717, 1.165) is 0 Å².